The monoisotopic (exact) mass is 288 g/mol. The van der Waals surface area contributed by atoms with Crippen LogP contribution in [-0.4, -0.2) is 43.8 Å². The van der Waals surface area contributed by atoms with Gasteiger partial charge >= 0.3 is 0 Å². The van der Waals surface area contributed by atoms with Crippen LogP contribution in [0.25, 0.3) is 0 Å². The second kappa shape index (κ2) is 7.25. The largest absolute Gasteiger partial charge is 0.475 e. The lowest BCUT2D eigenvalue weighted by molar-refractivity contribution is 0.232. The fraction of sp³-hybridized carbons (Fsp3) is 0.636. The lowest BCUT2D eigenvalue weighted by atomic mass is 10.4. The summed E-state index contributed by atoms with van der Waals surface area (Å²) in [5, 5.41) is 3.01. The Labute approximate surface area is 113 Å². The number of aromatic nitrogens is 2. The summed E-state index contributed by atoms with van der Waals surface area (Å²) in [5.41, 5.74) is 0. The molecule has 8 heteroatoms. The van der Waals surface area contributed by atoms with Gasteiger partial charge in [-0.25, -0.2) is 18.1 Å². The van der Waals surface area contributed by atoms with Gasteiger partial charge in [-0.15, -0.1) is 0 Å². The SMILES string of the molecule is CC(C)Oc1ccnc(NCCCNS(C)(=O)=O)n1. The van der Waals surface area contributed by atoms with Crippen LogP contribution in [0.4, 0.5) is 5.95 Å². The van der Waals surface area contributed by atoms with E-state index in [0.717, 1.165) is 6.26 Å². The average Bonchev–Trinajstić information content (AvgIpc) is 2.26. The molecule has 0 atom stereocenters. The Morgan fingerprint density at radius 2 is 2.11 bits per heavy atom. The summed E-state index contributed by atoms with van der Waals surface area (Å²) in [6, 6.07) is 1.69. The van der Waals surface area contributed by atoms with Crippen molar-refractivity contribution < 1.29 is 13.2 Å². The number of ether oxygens (including phenoxy) is 1. The van der Waals surface area contributed by atoms with Gasteiger partial charge < -0.3 is 10.1 Å². The predicted molar refractivity (Wildman–Crippen MR) is 73.7 cm³/mol. The van der Waals surface area contributed by atoms with Gasteiger partial charge in [0.2, 0.25) is 21.9 Å². The molecule has 0 amide bonds. The van der Waals surface area contributed by atoms with Crippen LogP contribution in [0.1, 0.15) is 20.3 Å². The molecule has 0 saturated carbocycles. The van der Waals surface area contributed by atoms with Gasteiger partial charge in [0.1, 0.15) is 0 Å². The van der Waals surface area contributed by atoms with Gasteiger partial charge in [0, 0.05) is 25.4 Å². The second-order valence-corrected chi connectivity index (χ2v) is 6.16. The van der Waals surface area contributed by atoms with Gasteiger partial charge in [-0.2, -0.15) is 4.98 Å². The summed E-state index contributed by atoms with van der Waals surface area (Å²) in [5.74, 6) is 0.985. The molecule has 2 N–H and O–H groups in total. The lowest BCUT2D eigenvalue weighted by Crippen LogP contribution is -2.24. The second-order valence-electron chi connectivity index (χ2n) is 4.33. The van der Waals surface area contributed by atoms with E-state index in [1.165, 1.54) is 0 Å². The molecule has 7 nitrogen and oxygen atoms in total. The molecular formula is C11H20N4O3S. The maximum Gasteiger partial charge on any atom is 0.225 e. The molecule has 0 unspecified atom stereocenters. The molecule has 1 aromatic rings. The standard InChI is InChI=1S/C11H20N4O3S/c1-9(2)18-10-5-8-13-11(15-10)12-6-4-7-14-19(3,16)17/h5,8-9,14H,4,6-7H2,1-3H3,(H,12,13,15). The zero-order chi connectivity index (χ0) is 14.3. The Kier molecular flexibility index (Phi) is 5.97. The zero-order valence-electron chi connectivity index (χ0n) is 11.4. The third kappa shape index (κ3) is 7.58. The highest BCUT2D eigenvalue weighted by Gasteiger charge is 2.02. The highest BCUT2D eigenvalue weighted by atomic mass is 32.2. The number of hydrogen-bond acceptors (Lipinski definition) is 6. The van der Waals surface area contributed by atoms with Crippen LogP contribution in [-0.2, 0) is 10.0 Å². The number of nitrogens with zero attached hydrogens (tertiary/aromatic N) is 2. The van der Waals surface area contributed by atoms with E-state index in [1.54, 1.807) is 12.3 Å². The van der Waals surface area contributed by atoms with E-state index in [-0.39, 0.29) is 6.10 Å². The minimum absolute atomic E-state index is 0.0571. The van der Waals surface area contributed by atoms with Crippen molar-refractivity contribution in [1.82, 2.24) is 14.7 Å². The third-order valence-electron chi connectivity index (χ3n) is 1.99. The predicted octanol–water partition coefficient (Wildman–Crippen LogP) is 0.615. The summed E-state index contributed by atoms with van der Waals surface area (Å²) in [6.07, 6.45) is 3.45. The summed E-state index contributed by atoms with van der Waals surface area (Å²) in [6.45, 7) is 4.81. The van der Waals surface area contributed by atoms with Crippen molar-refractivity contribution in [3.05, 3.63) is 12.3 Å². The Morgan fingerprint density at radius 1 is 1.37 bits per heavy atom. The smallest absolute Gasteiger partial charge is 0.225 e. The van der Waals surface area contributed by atoms with E-state index in [1.807, 2.05) is 13.8 Å². The topological polar surface area (TPSA) is 93.2 Å². The first-order chi connectivity index (χ1) is 8.87. The van der Waals surface area contributed by atoms with E-state index >= 15 is 0 Å². The van der Waals surface area contributed by atoms with Crippen LogP contribution in [0.5, 0.6) is 5.88 Å². The van der Waals surface area contributed by atoms with E-state index in [0.29, 0.717) is 31.3 Å². The molecular weight excluding hydrogens is 268 g/mol. The minimum Gasteiger partial charge on any atom is -0.475 e. The van der Waals surface area contributed by atoms with Gasteiger partial charge in [0.05, 0.1) is 12.4 Å². The van der Waals surface area contributed by atoms with Gasteiger partial charge in [0.15, 0.2) is 0 Å². The molecule has 0 bridgehead atoms. The number of hydrogen-bond donors (Lipinski definition) is 2. The maximum atomic E-state index is 10.8. The molecule has 108 valence electrons. The Balaban J connectivity index is 2.33. The molecule has 0 saturated heterocycles. The fourth-order valence-electron chi connectivity index (χ4n) is 1.28. The lowest BCUT2D eigenvalue weighted by Gasteiger charge is -2.10. The normalized spacial score (nSPS) is 11.6. The molecule has 1 heterocycles. The minimum atomic E-state index is -3.12. The van der Waals surface area contributed by atoms with Gasteiger partial charge in [-0.1, -0.05) is 0 Å². The van der Waals surface area contributed by atoms with Gasteiger partial charge in [-0.05, 0) is 20.3 Å². The van der Waals surface area contributed by atoms with Gasteiger partial charge in [0.25, 0.3) is 0 Å². The van der Waals surface area contributed by atoms with Crippen LogP contribution in [0.2, 0.25) is 0 Å². The van der Waals surface area contributed by atoms with Crippen LogP contribution >= 0.6 is 0 Å². The number of rotatable bonds is 8. The summed E-state index contributed by atoms with van der Waals surface area (Å²) in [7, 11) is -3.12. The molecule has 0 aliphatic rings. The van der Waals surface area contributed by atoms with Crippen molar-refractivity contribution in [3.63, 3.8) is 0 Å². The van der Waals surface area contributed by atoms with E-state index in [2.05, 4.69) is 20.0 Å². The average molecular weight is 288 g/mol. The molecule has 19 heavy (non-hydrogen) atoms. The molecule has 1 rings (SSSR count). The van der Waals surface area contributed by atoms with Crippen LogP contribution in [0.3, 0.4) is 0 Å². The number of nitrogens with one attached hydrogen (secondary N) is 2. The Bertz CT molecular complexity index is 490. The van der Waals surface area contributed by atoms with E-state index in [9.17, 15) is 8.42 Å². The molecule has 0 fully saturated rings. The maximum absolute atomic E-state index is 10.8. The summed E-state index contributed by atoms with van der Waals surface area (Å²) >= 11 is 0. The van der Waals surface area contributed by atoms with E-state index in [4.69, 9.17) is 4.74 Å². The van der Waals surface area contributed by atoms with Crippen molar-refractivity contribution in [2.24, 2.45) is 0 Å². The van der Waals surface area contributed by atoms with Crippen LogP contribution in [0.15, 0.2) is 12.3 Å². The van der Waals surface area contributed by atoms with Crippen LogP contribution in [0, 0.1) is 0 Å². The molecule has 0 radical (unpaired) electrons. The summed E-state index contributed by atoms with van der Waals surface area (Å²) in [4.78, 5) is 8.23. The van der Waals surface area contributed by atoms with Crippen molar-refractivity contribution in [1.29, 1.82) is 0 Å². The quantitative estimate of drug-likeness (QED) is 0.681. The third-order valence-corrected chi connectivity index (χ3v) is 2.72. The molecule has 0 spiro atoms. The highest BCUT2D eigenvalue weighted by molar-refractivity contribution is 7.88. The van der Waals surface area contributed by atoms with Gasteiger partial charge in [-0.3, -0.25) is 0 Å². The molecule has 1 aromatic heterocycles. The van der Waals surface area contributed by atoms with Crippen molar-refractivity contribution >= 4 is 16.0 Å². The zero-order valence-corrected chi connectivity index (χ0v) is 12.2. The Morgan fingerprint density at radius 3 is 2.74 bits per heavy atom. The van der Waals surface area contributed by atoms with Crippen molar-refractivity contribution in [3.8, 4) is 5.88 Å². The highest BCUT2D eigenvalue weighted by Crippen LogP contribution is 2.09. The van der Waals surface area contributed by atoms with Crippen LogP contribution < -0.4 is 14.8 Å². The molecule has 0 aliphatic carbocycles. The number of sulfonamides is 1. The summed E-state index contributed by atoms with van der Waals surface area (Å²) < 4.78 is 29.5. The molecule has 0 aromatic carbocycles. The number of anilines is 1. The first kappa shape index (κ1) is 15.6. The molecule has 0 aliphatic heterocycles. The first-order valence-corrected chi connectivity index (χ1v) is 7.94. The fourth-order valence-corrected chi connectivity index (χ4v) is 1.80. The van der Waals surface area contributed by atoms with Crippen molar-refractivity contribution in [2.45, 2.75) is 26.4 Å². The van der Waals surface area contributed by atoms with Crippen molar-refractivity contribution in [2.75, 3.05) is 24.7 Å². The van der Waals surface area contributed by atoms with E-state index < -0.39 is 10.0 Å². The first-order valence-electron chi connectivity index (χ1n) is 6.05. The Hall–Kier alpha value is -1.41.